The van der Waals surface area contributed by atoms with Crippen LogP contribution in [0.1, 0.15) is 12.5 Å². The van der Waals surface area contributed by atoms with E-state index in [4.69, 9.17) is 0 Å². The third kappa shape index (κ3) is 4.06. The van der Waals surface area contributed by atoms with Gasteiger partial charge < -0.3 is 10.6 Å². The average Bonchev–Trinajstić information content (AvgIpc) is 2.41. The van der Waals surface area contributed by atoms with E-state index in [-0.39, 0.29) is 11.7 Å². The van der Waals surface area contributed by atoms with Crippen LogP contribution in [0.2, 0.25) is 0 Å². The highest BCUT2D eigenvalue weighted by atomic mass is 79.9. The van der Waals surface area contributed by atoms with Gasteiger partial charge in [0.15, 0.2) is 0 Å². The molecule has 20 heavy (non-hydrogen) atoms. The van der Waals surface area contributed by atoms with Gasteiger partial charge in [0, 0.05) is 24.8 Å². The molecular weight excluding hydrogens is 323 g/mol. The van der Waals surface area contributed by atoms with Crippen molar-refractivity contribution < 1.29 is 9.18 Å². The second kappa shape index (κ2) is 6.52. The second-order valence-electron chi connectivity index (χ2n) is 4.36. The number of hydrogen-bond acceptors (Lipinski definition) is 2. The first-order chi connectivity index (χ1) is 9.54. The van der Waals surface area contributed by atoms with E-state index in [9.17, 15) is 9.18 Å². The lowest BCUT2D eigenvalue weighted by molar-refractivity contribution is -0.114. The van der Waals surface area contributed by atoms with E-state index in [1.165, 1.54) is 13.0 Å². The Hall–Kier alpha value is -1.88. The number of carbonyl (C=O) groups excluding carboxylic acids is 1. The Morgan fingerprint density at radius 2 is 1.80 bits per heavy atom. The monoisotopic (exact) mass is 336 g/mol. The van der Waals surface area contributed by atoms with Gasteiger partial charge in [-0.05, 0) is 57.9 Å². The Labute approximate surface area is 125 Å². The van der Waals surface area contributed by atoms with E-state index >= 15 is 0 Å². The fraction of sp³-hybridized carbons (Fsp3) is 0.133. The number of hydrogen-bond donors (Lipinski definition) is 2. The molecule has 0 aromatic heterocycles. The Morgan fingerprint density at radius 3 is 2.40 bits per heavy atom. The van der Waals surface area contributed by atoms with Gasteiger partial charge >= 0.3 is 0 Å². The van der Waals surface area contributed by atoms with E-state index in [1.54, 1.807) is 12.1 Å². The zero-order valence-electron chi connectivity index (χ0n) is 10.9. The number of halogens is 2. The standard InChI is InChI=1S/C15H14BrFN2O/c1-10(20)19-13-5-3-12(4-6-13)18-9-11-2-7-15(17)14(16)8-11/h2-8,18H,9H2,1H3,(H,19,20). The lowest BCUT2D eigenvalue weighted by atomic mass is 10.2. The third-order valence-corrected chi connectivity index (χ3v) is 3.29. The van der Waals surface area contributed by atoms with Crippen LogP contribution in [0.4, 0.5) is 15.8 Å². The smallest absolute Gasteiger partial charge is 0.221 e. The number of carbonyl (C=O) groups is 1. The van der Waals surface area contributed by atoms with Crippen LogP contribution in [0.3, 0.4) is 0 Å². The van der Waals surface area contributed by atoms with Gasteiger partial charge in [-0.15, -0.1) is 0 Å². The fourth-order valence-electron chi connectivity index (χ4n) is 1.73. The van der Waals surface area contributed by atoms with Crippen molar-refractivity contribution >= 4 is 33.2 Å². The lowest BCUT2D eigenvalue weighted by Gasteiger charge is -2.08. The molecule has 0 atom stereocenters. The van der Waals surface area contributed by atoms with Gasteiger partial charge in [-0.1, -0.05) is 6.07 Å². The van der Waals surface area contributed by atoms with Crippen LogP contribution < -0.4 is 10.6 Å². The molecule has 1 amide bonds. The maximum Gasteiger partial charge on any atom is 0.221 e. The predicted molar refractivity (Wildman–Crippen MR) is 82.2 cm³/mol. The molecule has 0 aliphatic heterocycles. The molecule has 0 heterocycles. The van der Waals surface area contributed by atoms with Crippen LogP contribution in [0.25, 0.3) is 0 Å². The highest BCUT2D eigenvalue weighted by molar-refractivity contribution is 9.10. The van der Waals surface area contributed by atoms with E-state index < -0.39 is 0 Å². The Bertz CT molecular complexity index is 614. The van der Waals surface area contributed by atoms with Crippen molar-refractivity contribution in [3.05, 3.63) is 58.3 Å². The van der Waals surface area contributed by atoms with Crippen molar-refractivity contribution in [2.75, 3.05) is 10.6 Å². The Kier molecular flexibility index (Phi) is 4.74. The fourth-order valence-corrected chi connectivity index (χ4v) is 2.15. The molecule has 2 aromatic rings. The maximum absolute atomic E-state index is 13.1. The van der Waals surface area contributed by atoms with Gasteiger partial charge in [0.25, 0.3) is 0 Å². The molecule has 0 fully saturated rings. The van der Waals surface area contributed by atoms with Crippen LogP contribution in [0.5, 0.6) is 0 Å². The summed E-state index contributed by atoms with van der Waals surface area (Å²) >= 11 is 3.16. The third-order valence-electron chi connectivity index (χ3n) is 2.69. The van der Waals surface area contributed by atoms with E-state index in [2.05, 4.69) is 26.6 Å². The first-order valence-corrected chi connectivity index (χ1v) is 6.89. The Morgan fingerprint density at radius 1 is 1.15 bits per heavy atom. The molecule has 3 nitrogen and oxygen atoms in total. The molecule has 0 bridgehead atoms. The SMILES string of the molecule is CC(=O)Nc1ccc(NCc2ccc(F)c(Br)c2)cc1. The normalized spacial score (nSPS) is 10.2. The number of amides is 1. The molecule has 0 radical (unpaired) electrons. The molecule has 2 N–H and O–H groups in total. The number of benzene rings is 2. The van der Waals surface area contributed by atoms with E-state index in [1.807, 2.05) is 24.3 Å². The molecular formula is C15H14BrFN2O. The zero-order valence-corrected chi connectivity index (χ0v) is 12.5. The minimum atomic E-state index is -0.270. The van der Waals surface area contributed by atoms with Gasteiger partial charge in [0.1, 0.15) is 5.82 Å². The van der Waals surface area contributed by atoms with Crippen LogP contribution in [0, 0.1) is 5.82 Å². The zero-order chi connectivity index (χ0) is 14.5. The molecule has 0 saturated heterocycles. The average molecular weight is 337 g/mol. The van der Waals surface area contributed by atoms with Gasteiger partial charge in [0.05, 0.1) is 4.47 Å². The van der Waals surface area contributed by atoms with E-state index in [0.29, 0.717) is 11.0 Å². The summed E-state index contributed by atoms with van der Waals surface area (Å²) in [6, 6.07) is 12.3. The van der Waals surface area contributed by atoms with Crippen molar-refractivity contribution in [2.24, 2.45) is 0 Å². The highest BCUT2D eigenvalue weighted by Gasteiger charge is 2.01. The second-order valence-corrected chi connectivity index (χ2v) is 5.21. The molecule has 0 aliphatic carbocycles. The van der Waals surface area contributed by atoms with Crippen molar-refractivity contribution in [1.29, 1.82) is 0 Å². The number of anilines is 2. The molecule has 0 spiro atoms. The van der Waals surface area contributed by atoms with Gasteiger partial charge in [-0.2, -0.15) is 0 Å². The first kappa shape index (κ1) is 14.5. The first-order valence-electron chi connectivity index (χ1n) is 6.10. The summed E-state index contributed by atoms with van der Waals surface area (Å²) in [4.78, 5) is 10.9. The summed E-state index contributed by atoms with van der Waals surface area (Å²) in [5, 5.41) is 5.94. The molecule has 2 rings (SSSR count). The van der Waals surface area contributed by atoms with Crippen molar-refractivity contribution in [1.82, 2.24) is 0 Å². The molecule has 2 aromatic carbocycles. The van der Waals surface area contributed by atoms with Crippen LogP contribution >= 0.6 is 15.9 Å². The maximum atomic E-state index is 13.1. The molecule has 0 saturated carbocycles. The molecule has 0 unspecified atom stereocenters. The molecule has 5 heteroatoms. The summed E-state index contributed by atoms with van der Waals surface area (Å²) in [6.07, 6.45) is 0. The van der Waals surface area contributed by atoms with Crippen molar-refractivity contribution in [3.63, 3.8) is 0 Å². The number of rotatable bonds is 4. The Balaban J connectivity index is 1.96. The largest absolute Gasteiger partial charge is 0.381 e. The topological polar surface area (TPSA) is 41.1 Å². The minimum absolute atomic E-state index is 0.0955. The van der Waals surface area contributed by atoms with Gasteiger partial charge in [-0.25, -0.2) is 4.39 Å². The summed E-state index contributed by atoms with van der Waals surface area (Å²) < 4.78 is 13.6. The highest BCUT2D eigenvalue weighted by Crippen LogP contribution is 2.18. The summed E-state index contributed by atoms with van der Waals surface area (Å²) in [7, 11) is 0. The van der Waals surface area contributed by atoms with Crippen LogP contribution in [-0.4, -0.2) is 5.91 Å². The summed E-state index contributed by atoms with van der Waals surface area (Å²) in [6.45, 7) is 2.07. The van der Waals surface area contributed by atoms with Crippen LogP contribution in [0.15, 0.2) is 46.9 Å². The minimum Gasteiger partial charge on any atom is -0.381 e. The molecule has 104 valence electrons. The quantitative estimate of drug-likeness (QED) is 0.880. The van der Waals surface area contributed by atoms with Gasteiger partial charge in [-0.3, -0.25) is 4.79 Å². The van der Waals surface area contributed by atoms with Gasteiger partial charge in [0.2, 0.25) is 5.91 Å². The summed E-state index contributed by atoms with van der Waals surface area (Å²) in [5.41, 5.74) is 2.66. The van der Waals surface area contributed by atoms with E-state index in [0.717, 1.165) is 16.9 Å². The van der Waals surface area contributed by atoms with Crippen molar-refractivity contribution in [2.45, 2.75) is 13.5 Å². The summed E-state index contributed by atoms with van der Waals surface area (Å²) in [5.74, 6) is -0.365. The number of nitrogens with one attached hydrogen (secondary N) is 2. The lowest BCUT2D eigenvalue weighted by Crippen LogP contribution is -2.05. The van der Waals surface area contributed by atoms with Crippen LogP contribution in [-0.2, 0) is 11.3 Å². The van der Waals surface area contributed by atoms with Crippen molar-refractivity contribution in [3.8, 4) is 0 Å². The predicted octanol–water partition coefficient (Wildman–Crippen LogP) is 4.16. The molecule has 0 aliphatic rings.